The Morgan fingerprint density at radius 2 is 2.17 bits per heavy atom. The van der Waals surface area contributed by atoms with E-state index in [2.05, 4.69) is 0 Å². The van der Waals surface area contributed by atoms with E-state index in [9.17, 15) is 4.39 Å². The van der Waals surface area contributed by atoms with E-state index in [1.807, 2.05) is 13.0 Å². The van der Waals surface area contributed by atoms with E-state index >= 15 is 0 Å². The summed E-state index contributed by atoms with van der Waals surface area (Å²) >= 11 is 0. The molecule has 2 N–H and O–H groups in total. The van der Waals surface area contributed by atoms with Crippen LogP contribution in [0.5, 0.6) is 0 Å². The van der Waals surface area contributed by atoms with E-state index < -0.39 is 0 Å². The number of hydrogen-bond donors (Lipinski definition) is 1. The van der Waals surface area contributed by atoms with E-state index in [-0.39, 0.29) is 11.9 Å². The van der Waals surface area contributed by atoms with Crippen LogP contribution in [0.4, 0.5) is 4.39 Å². The highest BCUT2D eigenvalue weighted by atomic mass is 19.1. The summed E-state index contributed by atoms with van der Waals surface area (Å²) in [6, 6.07) is 5.15. The number of aryl methyl sites for hydroxylation is 1. The predicted octanol–water partition coefficient (Wildman–Crippen LogP) is 2.41. The molecule has 0 aliphatic carbocycles. The van der Waals surface area contributed by atoms with Crippen molar-refractivity contribution in [3.63, 3.8) is 0 Å². The number of rotatable bonds is 2. The van der Waals surface area contributed by atoms with Crippen molar-refractivity contribution in [2.24, 2.45) is 5.73 Å². The summed E-state index contributed by atoms with van der Waals surface area (Å²) in [5.74, 6) is -0.144. The van der Waals surface area contributed by atoms with Gasteiger partial charge in [-0.25, -0.2) is 4.39 Å². The van der Waals surface area contributed by atoms with Gasteiger partial charge in [-0.3, -0.25) is 0 Å². The quantitative estimate of drug-likeness (QED) is 0.719. The van der Waals surface area contributed by atoms with Gasteiger partial charge in [-0.15, -0.1) is 0 Å². The molecule has 0 heterocycles. The number of nitrogens with two attached hydrogens (primary N) is 1. The Balaban J connectivity index is 3.14. The van der Waals surface area contributed by atoms with Crippen molar-refractivity contribution in [1.29, 1.82) is 0 Å². The van der Waals surface area contributed by atoms with Gasteiger partial charge in [0.2, 0.25) is 0 Å². The minimum Gasteiger partial charge on any atom is -0.324 e. The van der Waals surface area contributed by atoms with Crippen LogP contribution in [0.3, 0.4) is 0 Å². The van der Waals surface area contributed by atoms with Gasteiger partial charge in [-0.2, -0.15) is 0 Å². The Bertz CT molecular complexity index is 269. The van der Waals surface area contributed by atoms with Crippen molar-refractivity contribution in [1.82, 2.24) is 0 Å². The maximum atomic E-state index is 13.4. The first-order valence-corrected chi connectivity index (χ1v) is 4.19. The lowest BCUT2D eigenvalue weighted by molar-refractivity contribution is 0.580. The van der Waals surface area contributed by atoms with Gasteiger partial charge >= 0.3 is 0 Å². The number of benzene rings is 1. The summed E-state index contributed by atoms with van der Waals surface area (Å²) < 4.78 is 13.4. The maximum Gasteiger partial charge on any atom is 0.131 e. The van der Waals surface area contributed by atoms with Crippen LogP contribution < -0.4 is 5.73 Å². The fourth-order valence-corrected chi connectivity index (χ4v) is 1.22. The number of hydrogen-bond acceptors (Lipinski definition) is 1. The Labute approximate surface area is 72.4 Å². The molecule has 0 amide bonds. The second kappa shape index (κ2) is 3.68. The van der Waals surface area contributed by atoms with E-state index in [0.717, 1.165) is 5.56 Å². The Hall–Kier alpha value is -0.890. The molecular weight excluding hydrogens is 153 g/mol. The average molecular weight is 167 g/mol. The zero-order valence-electron chi connectivity index (χ0n) is 7.47. The van der Waals surface area contributed by atoms with E-state index in [1.165, 1.54) is 0 Å². The standard InChI is InChI=1S/C10H14FN/c1-3-8-5-4-6-9(7(2)12)10(8)11/h4-7H,3,12H2,1-2H3/t7-/m1/s1. The summed E-state index contributed by atoms with van der Waals surface area (Å²) in [5, 5.41) is 0. The van der Waals surface area contributed by atoms with Crippen molar-refractivity contribution < 1.29 is 4.39 Å². The molecule has 0 unspecified atom stereocenters. The Morgan fingerprint density at radius 1 is 1.50 bits per heavy atom. The van der Waals surface area contributed by atoms with Gasteiger partial charge in [0.1, 0.15) is 5.82 Å². The van der Waals surface area contributed by atoms with Crippen LogP contribution >= 0.6 is 0 Å². The molecule has 0 radical (unpaired) electrons. The minimum absolute atomic E-state index is 0.144. The highest BCUT2D eigenvalue weighted by Gasteiger charge is 2.08. The molecule has 0 saturated carbocycles. The summed E-state index contributed by atoms with van der Waals surface area (Å²) in [4.78, 5) is 0. The smallest absolute Gasteiger partial charge is 0.131 e. The third kappa shape index (κ3) is 1.64. The summed E-state index contributed by atoms with van der Waals surface area (Å²) in [6.07, 6.45) is 0.715. The molecule has 1 aromatic carbocycles. The van der Waals surface area contributed by atoms with Gasteiger partial charge in [0.15, 0.2) is 0 Å². The zero-order chi connectivity index (χ0) is 9.14. The molecule has 1 rings (SSSR count). The molecule has 0 aromatic heterocycles. The van der Waals surface area contributed by atoms with Gasteiger partial charge in [0, 0.05) is 11.6 Å². The van der Waals surface area contributed by atoms with Crippen LogP contribution in [0.25, 0.3) is 0 Å². The van der Waals surface area contributed by atoms with Gasteiger partial charge in [0.25, 0.3) is 0 Å². The second-order valence-electron chi connectivity index (χ2n) is 2.96. The third-order valence-electron chi connectivity index (χ3n) is 1.98. The maximum absolute atomic E-state index is 13.4. The van der Waals surface area contributed by atoms with Crippen LogP contribution in [-0.4, -0.2) is 0 Å². The first-order chi connectivity index (χ1) is 5.66. The third-order valence-corrected chi connectivity index (χ3v) is 1.98. The van der Waals surface area contributed by atoms with Gasteiger partial charge in [0.05, 0.1) is 0 Å². The Morgan fingerprint density at radius 3 is 2.67 bits per heavy atom. The predicted molar refractivity (Wildman–Crippen MR) is 48.4 cm³/mol. The average Bonchev–Trinajstić information content (AvgIpc) is 2.04. The molecule has 0 bridgehead atoms. The fourth-order valence-electron chi connectivity index (χ4n) is 1.22. The van der Waals surface area contributed by atoms with Crippen LogP contribution in [-0.2, 0) is 6.42 Å². The largest absolute Gasteiger partial charge is 0.324 e. The van der Waals surface area contributed by atoms with Crippen molar-refractivity contribution >= 4 is 0 Å². The lowest BCUT2D eigenvalue weighted by Crippen LogP contribution is -2.08. The Kier molecular flexibility index (Phi) is 2.82. The van der Waals surface area contributed by atoms with E-state index in [0.29, 0.717) is 12.0 Å². The topological polar surface area (TPSA) is 26.0 Å². The minimum atomic E-state index is -0.225. The molecular formula is C10H14FN. The molecule has 0 spiro atoms. The van der Waals surface area contributed by atoms with Crippen LogP contribution in [0.15, 0.2) is 18.2 Å². The van der Waals surface area contributed by atoms with Gasteiger partial charge in [-0.05, 0) is 18.9 Å². The van der Waals surface area contributed by atoms with Crippen LogP contribution in [0, 0.1) is 5.82 Å². The lowest BCUT2D eigenvalue weighted by atomic mass is 10.0. The molecule has 1 aromatic rings. The summed E-state index contributed by atoms with van der Waals surface area (Å²) in [7, 11) is 0. The molecule has 0 fully saturated rings. The summed E-state index contributed by atoms with van der Waals surface area (Å²) in [6.45, 7) is 3.72. The SMILES string of the molecule is CCc1cccc([C@@H](C)N)c1F. The molecule has 66 valence electrons. The first kappa shape index (κ1) is 9.20. The molecule has 12 heavy (non-hydrogen) atoms. The second-order valence-corrected chi connectivity index (χ2v) is 2.96. The molecule has 0 aliphatic heterocycles. The van der Waals surface area contributed by atoms with Gasteiger partial charge in [-0.1, -0.05) is 25.1 Å². The highest BCUT2D eigenvalue weighted by Crippen LogP contribution is 2.18. The van der Waals surface area contributed by atoms with E-state index in [1.54, 1.807) is 19.1 Å². The summed E-state index contributed by atoms with van der Waals surface area (Å²) in [5.41, 5.74) is 6.94. The zero-order valence-corrected chi connectivity index (χ0v) is 7.47. The van der Waals surface area contributed by atoms with Gasteiger partial charge < -0.3 is 5.73 Å². The fraction of sp³-hybridized carbons (Fsp3) is 0.400. The molecule has 0 aliphatic rings. The van der Waals surface area contributed by atoms with Crippen molar-refractivity contribution in [2.45, 2.75) is 26.3 Å². The van der Waals surface area contributed by atoms with Crippen molar-refractivity contribution in [2.75, 3.05) is 0 Å². The van der Waals surface area contributed by atoms with Crippen molar-refractivity contribution in [3.8, 4) is 0 Å². The monoisotopic (exact) mass is 167 g/mol. The first-order valence-electron chi connectivity index (χ1n) is 4.19. The van der Waals surface area contributed by atoms with Crippen LogP contribution in [0.1, 0.15) is 31.0 Å². The van der Waals surface area contributed by atoms with Crippen molar-refractivity contribution in [3.05, 3.63) is 35.1 Å². The lowest BCUT2D eigenvalue weighted by Gasteiger charge is -2.09. The van der Waals surface area contributed by atoms with Crippen LogP contribution in [0.2, 0.25) is 0 Å². The normalized spacial score (nSPS) is 13.0. The molecule has 1 atom stereocenters. The number of halogens is 1. The molecule has 0 saturated heterocycles. The highest BCUT2D eigenvalue weighted by molar-refractivity contribution is 5.27. The van der Waals surface area contributed by atoms with E-state index in [4.69, 9.17) is 5.73 Å². The molecule has 2 heteroatoms. The molecule has 1 nitrogen and oxygen atoms in total.